The molecule has 4 aromatic rings. The Morgan fingerprint density at radius 2 is 1.94 bits per heavy atom. The van der Waals surface area contributed by atoms with E-state index in [2.05, 4.69) is 38.9 Å². The van der Waals surface area contributed by atoms with Gasteiger partial charge in [-0.1, -0.05) is 45.6 Å². The fourth-order valence-electron chi connectivity index (χ4n) is 4.22. The number of nitrogen functional groups attached to an aromatic ring is 1. The van der Waals surface area contributed by atoms with Crippen LogP contribution < -0.4 is 11.1 Å². The van der Waals surface area contributed by atoms with Crippen molar-refractivity contribution in [1.82, 2.24) is 24.6 Å². The zero-order chi connectivity index (χ0) is 24.8. The molecule has 1 amide bonds. The van der Waals surface area contributed by atoms with Gasteiger partial charge in [0.25, 0.3) is 5.91 Å². The lowest BCUT2D eigenvalue weighted by molar-refractivity contribution is 0.102. The summed E-state index contributed by atoms with van der Waals surface area (Å²) in [5.41, 5.74) is 10.4. The molecule has 0 spiro atoms. The first kappa shape index (κ1) is 24.1. The molecule has 1 aliphatic carbocycles. The van der Waals surface area contributed by atoms with Crippen LogP contribution in [0.5, 0.6) is 0 Å². The van der Waals surface area contributed by atoms with E-state index < -0.39 is 0 Å². The van der Waals surface area contributed by atoms with Gasteiger partial charge in [0.15, 0.2) is 0 Å². The first-order chi connectivity index (χ1) is 16.9. The lowest BCUT2D eigenvalue weighted by Crippen LogP contribution is -2.11. The number of fused-ring (bicyclic) bond motifs is 1. The van der Waals surface area contributed by atoms with E-state index >= 15 is 0 Å². The molecule has 4 heterocycles. The summed E-state index contributed by atoms with van der Waals surface area (Å²) in [5, 5.41) is 7.07. The van der Waals surface area contributed by atoms with Gasteiger partial charge in [0.1, 0.15) is 0 Å². The third-order valence-electron chi connectivity index (χ3n) is 6.25. The van der Waals surface area contributed by atoms with E-state index in [0.717, 1.165) is 28.3 Å². The molecule has 1 fully saturated rings. The summed E-state index contributed by atoms with van der Waals surface area (Å²) >= 11 is 0. The Hall–Kier alpha value is -4.07. The van der Waals surface area contributed by atoms with Gasteiger partial charge in [0, 0.05) is 24.2 Å². The molecular weight excluding hydrogens is 438 g/mol. The minimum absolute atomic E-state index is 0.217. The van der Waals surface area contributed by atoms with Crippen molar-refractivity contribution in [3.05, 3.63) is 84.2 Å². The van der Waals surface area contributed by atoms with Crippen LogP contribution in [0.4, 0.5) is 11.6 Å². The van der Waals surface area contributed by atoms with Gasteiger partial charge in [-0.15, -0.1) is 0 Å². The van der Waals surface area contributed by atoms with E-state index in [0.29, 0.717) is 16.8 Å². The molecule has 5 rings (SSSR count). The maximum atomic E-state index is 12.7. The number of anilines is 2. The first-order valence-electron chi connectivity index (χ1n) is 11.9. The second kappa shape index (κ2) is 10.9. The largest absolute Gasteiger partial charge is 0.368 e. The highest BCUT2D eigenvalue weighted by Gasteiger charge is 2.15. The average Bonchev–Trinajstić information content (AvgIpc) is 3.29. The Balaban J connectivity index is 0.000000356. The van der Waals surface area contributed by atoms with E-state index in [9.17, 15) is 4.79 Å². The minimum Gasteiger partial charge on any atom is -0.368 e. The Morgan fingerprint density at radius 1 is 1.14 bits per heavy atom. The maximum absolute atomic E-state index is 12.7. The Bertz CT molecular complexity index is 1320. The summed E-state index contributed by atoms with van der Waals surface area (Å²) in [7, 11) is 0. The van der Waals surface area contributed by atoms with E-state index in [1.807, 2.05) is 19.1 Å². The van der Waals surface area contributed by atoms with Crippen LogP contribution in [0.1, 0.15) is 66.2 Å². The van der Waals surface area contributed by atoms with E-state index in [4.69, 9.17) is 5.73 Å². The monoisotopic (exact) mass is 469 g/mol. The molecule has 1 aliphatic rings. The van der Waals surface area contributed by atoms with Crippen LogP contribution in [0.3, 0.4) is 0 Å². The zero-order valence-corrected chi connectivity index (χ0v) is 20.2. The third-order valence-corrected chi connectivity index (χ3v) is 6.25. The van der Waals surface area contributed by atoms with Gasteiger partial charge in [-0.05, 0) is 48.2 Å². The van der Waals surface area contributed by atoms with Gasteiger partial charge < -0.3 is 11.1 Å². The fraction of sp³-hybridized carbons (Fsp3) is 0.296. The predicted octanol–water partition coefficient (Wildman–Crippen LogP) is 5.31. The Kier molecular flexibility index (Phi) is 7.50. The van der Waals surface area contributed by atoms with Crippen molar-refractivity contribution < 1.29 is 4.79 Å². The molecule has 180 valence electrons. The second-order valence-corrected chi connectivity index (χ2v) is 8.95. The molecule has 0 aliphatic heterocycles. The quantitative estimate of drug-likeness (QED) is 0.419. The third kappa shape index (κ3) is 5.90. The standard InChI is InChI=1S/C20H17N7O.C7H14/c1-12(16-10-23-20(21)25-13(16)2)14-5-7-27-18(8-14)17(11-24-27)19(28)26-15-4-3-6-22-9-15;1-7-5-3-2-4-6-7/h3-11H,1H2,2H3,(H,26,28)(H2,21,23,25);7H,2-6H2,1H3. The van der Waals surface area contributed by atoms with Gasteiger partial charge in [0.05, 0.1) is 34.9 Å². The zero-order valence-electron chi connectivity index (χ0n) is 20.2. The van der Waals surface area contributed by atoms with Gasteiger partial charge >= 0.3 is 0 Å². The molecule has 0 radical (unpaired) electrons. The number of hydrogen-bond donors (Lipinski definition) is 2. The molecule has 1 saturated carbocycles. The fourth-order valence-corrected chi connectivity index (χ4v) is 4.22. The number of nitrogens with one attached hydrogen (secondary N) is 1. The number of rotatable bonds is 4. The van der Waals surface area contributed by atoms with Crippen LogP contribution in [0.15, 0.2) is 61.8 Å². The highest BCUT2D eigenvalue weighted by Crippen LogP contribution is 2.26. The van der Waals surface area contributed by atoms with E-state index in [1.54, 1.807) is 41.4 Å². The normalized spacial score (nSPS) is 13.7. The van der Waals surface area contributed by atoms with Crippen LogP contribution >= 0.6 is 0 Å². The van der Waals surface area contributed by atoms with Crippen LogP contribution in [0.2, 0.25) is 0 Å². The van der Waals surface area contributed by atoms with E-state index in [1.165, 1.54) is 38.3 Å². The Morgan fingerprint density at radius 3 is 2.60 bits per heavy atom. The van der Waals surface area contributed by atoms with Crippen molar-refractivity contribution in [1.29, 1.82) is 0 Å². The predicted molar refractivity (Wildman–Crippen MR) is 139 cm³/mol. The molecule has 8 heteroatoms. The summed E-state index contributed by atoms with van der Waals surface area (Å²) in [6, 6.07) is 7.27. The number of nitrogens with zero attached hydrogens (tertiary/aromatic N) is 5. The lowest BCUT2D eigenvalue weighted by atomic mass is 9.91. The van der Waals surface area contributed by atoms with Crippen molar-refractivity contribution in [3.8, 4) is 0 Å². The highest BCUT2D eigenvalue weighted by molar-refractivity contribution is 6.09. The number of amides is 1. The van der Waals surface area contributed by atoms with Gasteiger partial charge in [-0.25, -0.2) is 14.5 Å². The number of aromatic nitrogens is 5. The van der Waals surface area contributed by atoms with Crippen LogP contribution in [0.25, 0.3) is 11.1 Å². The summed E-state index contributed by atoms with van der Waals surface area (Å²) in [5.74, 6) is 0.987. The molecule has 8 nitrogen and oxygen atoms in total. The first-order valence-corrected chi connectivity index (χ1v) is 11.9. The molecule has 0 saturated heterocycles. The van der Waals surface area contributed by atoms with Crippen LogP contribution in [-0.2, 0) is 0 Å². The van der Waals surface area contributed by atoms with Crippen molar-refractivity contribution in [2.75, 3.05) is 11.1 Å². The van der Waals surface area contributed by atoms with Gasteiger partial charge in [-0.3, -0.25) is 9.78 Å². The summed E-state index contributed by atoms with van der Waals surface area (Å²) < 4.78 is 1.64. The number of aryl methyl sites for hydroxylation is 1. The molecular formula is C27H31N7O. The smallest absolute Gasteiger partial charge is 0.259 e. The molecule has 0 aromatic carbocycles. The SMILES string of the molecule is C=C(c1ccn2ncc(C(=O)Nc3cccnc3)c2c1)c1cnc(N)nc1C.CC1CCCCC1. The van der Waals surface area contributed by atoms with Crippen molar-refractivity contribution in [2.24, 2.45) is 5.92 Å². The topological polar surface area (TPSA) is 111 Å². The van der Waals surface area contributed by atoms with Gasteiger partial charge in [-0.2, -0.15) is 5.10 Å². The number of nitrogens with two attached hydrogens (primary N) is 1. The Labute approximate surface area is 205 Å². The maximum Gasteiger partial charge on any atom is 0.259 e. The summed E-state index contributed by atoms with van der Waals surface area (Å²) in [6.45, 7) is 8.37. The number of carbonyl (C=O) groups excluding carboxylic acids is 1. The number of hydrogen-bond acceptors (Lipinski definition) is 6. The molecule has 35 heavy (non-hydrogen) atoms. The van der Waals surface area contributed by atoms with Gasteiger partial charge in [0.2, 0.25) is 5.95 Å². The van der Waals surface area contributed by atoms with E-state index in [-0.39, 0.29) is 11.9 Å². The average molecular weight is 470 g/mol. The van der Waals surface area contributed by atoms with Crippen molar-refractivity contribution in [3.63, 3.8) is 0 Å². The molecule has 3 N–H and O–H groups in total. The lowest BCUT2D eigenvalue weighted by Gasteiger charge is -2.15. The number of pyridine rings is 2. The summed E-state index contributed by atoms with van der Waals surface area (Å²) in [4.78, 5) is 24.9. The second-order valence-electron chi connectivity index (χ2n) is 8.95. The summed E-state index contributed by atoms with van der Waals surface area (Å²) in [6.07, 6.45) is 15.6. The highest BCUT2D eigenvalue weighted by atomic mass is 16.1. The van der Waals surface area contributed by atoms with Crippen molar-refractivity contribution in [2.45, 2.75) is 46.0 Å². The minimum atomic E-state index is -0.266. The van der Waals surface area contributed by atoms with Crippen LogP contribution in [0, 0.1) is 12.8 Å². The molecule has 4 aromatic heterocycles. The molecule has 0 atom stereocenters. The van der Waals surface area contributed by atoms with Crippen LogP contribution in [-0.4, -0.2) is 30.5 Å². The molecule has 0 unspecified atom stereocenters. The van der Waals surface area contributed by atoms with Crippen molar-refractivity contribution >= 4 is 28.6 Å². The number of carbonyl (C=O) groups is 1. The molecule has 0 bridgehead atoms.